The summed E-state index contributed by atoms with van der Waals surface area (Å²) in [6.07, 6.45) is 5.41. The number of nitriles is 1. The Morgan fingerprint density at radius 3 is 2.04 bits per heavy atom. The minimum absolute atomic E-state index is 0.289. The second kappa shape index (κ2) is 10.1. The average molecular weight is 356 g/mol. The summed E-state index contributed by atoms with van der Waals surface area (Å²) < 4.78 is 14.8. The summed E-state index contributed by atoms with van der Waals surface area (Å²) in [7, 11) is -1.10. The molecule has 1 unspecified atom stereocenters. The lowest BCUT2D eigenvalue weighted by Gasteiger charge is -2.40. The maximum Gasteiger partial charge on any atom is 0.259 e. The van der Waals surface area contributed by atoms with Crippen LogP contribution < -0.4 is 0 Å². The summed E-state index contributed by atoms with van der Waals surface area (Å²) in [5, 5.41) is 8.79. The van der Waals surface area contributed by atoms with Crippen LogP contribution in [-0.4, -0.2) is 29.5 Å². The molecule has 1 aliphatic carbocycles. The molecule has 0 N–H and O–H groups in total. The van der Waals surface area contributed by atoms with E-state index < -0.39 is 8.53 Å². The van der Waals surface area contributed by atoms with E-state index in [0.29, 0.717) is 30.5 Å². The lowest BCUT2D eigenvalue weighted by atomic mass is 9.72. The van der Waals surface area contributed by atoms with Crippen LogP contribution in [0.5, 0.6) is 0 Å². The molecule has 1 atom stereocenters. The zero-order valence-corrected chi connectivity index (χ0v) is 17.6. The molecule has 4 nitrogen and oxygen atoms in total. The minimum Gasteiger partial charge on any atom is -0.321 e. The number of rotatable bonds is 8. The molecule has 0 aromatic rings. The Kier molecular flexibility index (Phi) is 9.17. The molecule has 0 aliphatic heterocycles. The van der Waals surface area contributed by atoms with E-state index in [2.05, 4.69) is 59.2 Å². The van der Waals surface area contributed by atoms with E-state index in [4.69, 9.17) is 14.3 Å². The standard InChI is InChI=1S/C19H37N2O2P/c1-15(2)21(16(3)4)24(22-14-8-13-20)23-18-11-9-17(10-12-18)19(5,6)7/h15-18H,8-12,14H2,1-7H3. The van der Waals surface area contributed by atoms with Crippen LogP contribution in [0.4, 0.5) is 0 Å². The lowest BCUT2D eigenvalue weighted by Crippen LogP contribution is -2.35. The molecule has 1 saturated carbocycles. The van der Waals surface area contributed by atoms with Crippen molar-refractivity contribution in [2.75, 3.05) is 6.61 Å². The van der Waals surface area contributed by atoms with Crippen molar-refractivity contribution in [1.29, 1.82) is 5.26 Å². The Hall–Kier alpha value is -0.200. The molecule has 0 aromatic carbocycles. The normalized spacial score (nSPS) is 23.7. The molecule has 0 spiro atoms. The second-order valence-electron chi connectivity index (χ2n) is 8.49. The quantitative estimate of drug-likeness (QED) is 0.402. The Morgan fingerprint density at radius 1 is 1.08 bits per heavy atom. The zero-order chi connectivity index (χ0) is 18.3. The van der Waals surface area contributed by atoms with E-state index in [1.54, 1.807) is 0 Å². The van der Waals surface area contributed by atoms with Gasteiger partial charge in [-0.2, -0.15) is 5.26 Å². The van der Waals surface area contributed by atoms with E-state index >= 15 is 0 Å². The fourth-order valence-electron chi connectivity index (χ4n) is 3.46. The Balaban J connectivity index is 2.66. The fraction of sp³-hybridized carbons (Fsp3) is 0.947. The maximum atomic E-state index is 8.79. The third-order valence-electron chi connectivity index (χ3n) is 4.80. The van der Waals surface area contributed by atoms with Gasteiger partial charge in [-0.15, -0.1) is 0 Å². The van der Waals surface area contributed by atoms with Gasteiger partial charge in [0, 0.05) is 12.1 Å². The van der Waals surface area contributed by atoms with Gasteiger partial charge >= 0.3 is 0 Å². The van der Waals surface area contributed by atoms with Gasteiger partial charge in [-0.3, -0.25) is 0 Å². The molecule has 0 aromatic heterocycles. The molecule has 0 saturated heterocycles. The molecule has 140 valence electrons. The van der Waals surface area contributed by atoms with Crippen molar-refractivity contribution in [3.05, 3.63) is 0 Å². The summed E-state index contributed by atoms with van der Waals surface area (Å²) >= 11 is 0. The number of hydrogen-bond acceptors (Lipinski definition) is 4. The van der Waals surface area contributed by atoms with Crippen LogP contribution in [0, 0.1) is 22.7 Å². The highest BCUT2D eigenvalue weighted by Gasteiger charge is 2.34. The van der Waals surface area contributed by atoms with Gasteiger partial charge in [-0.1, -0.05) is 20.8 Å². The molecule has 1 fully saturated rings. The van der Waals surface area contributed by atoms with Gasteiger partial charge in [0.15, 0.2) is 0 Å². The van der Waals surface area contributed by atoms with Gasteiger partial charge in [0.1, 0.15) is 0 Å². The third kappa shape index (κ3) is 6.96. The van der Waals surface area contributed by atoms with Gasteiger partial charge in [0.05, 0.1) is 25.2 Å². The summed E-state index contributed by atoms with van der Waals surface area (Å²) in [5.41, 5.74) is 0.390. The summed E-state index contributed by atoms with van der Waals surface area (Å²) in [6, 6.07) is 2.89. The van der Waals surface area contributed by atoms with Crippen molar-refractivity contribution < 1.29 is 9.05 Å². The van der Waals surface area contributed by atoms with Crippen molar-refractivity contribution >= 4 is 8.53 Å². The Labute approximate surface area is 150 Å². The van der Waals surface area contributed by atoms with Gasteiger partial charge in [-0.05, 0) is 64.7 Å². The van der Waals surface area contributed by atoms with Crippen molar-refractivity contribution in [2.24, 2.45) is 11.3 Å². The highest BCUT2D eigenvalue weighted by atomic mass is 31.2. The van der Waals surface area contributed by atoms with E-state index in [9.17, 15) is 0 Å². The highest BCUT2D eigenvalue weighted by Crippen LogP contribution is 2.50. The summed E-state index contributed by atoms with van der Waals surface area (Å²) in [6.45, 7) is 16.2. The monoisotopic (exact) mass is 356 g/mol. The van der Waals surface area contributed by atoms with E-state index in [0.717, 1.165) is 18.8 Å². The predicted molar refractivity (Wildman–Crippen MR) is 101 cm³/mol. The van der Waals surface area contributed by atoms with Gasteiger partial charge < -0.3 is 9.05 Å². The van der Waals surface area contributed by atoms with Crippen molar-refractivity contribution in [3.8, 4) is 6.07 Å². The second-order valence-corrected chi connectivity index (χ2v) is 9.90. The molecule has 0 radical (unpaired) electrons. The predicted octanol–water partition coefficient (Wildman–Crippen LogP) is 5.88. The van der Waals surface area contributed by atoms with E-state index in [1.807, 2.05) is 0 Å². The van der Waals surface area contributed by atoms with Gasteiger partial charge in [0.2, 0.25) is 0 Å². The average Bonchev–Trinajstić information content (AvgIpc) is 2.46. The van der Waals surface area contributed by atoms with Crippen LogP contribution in [0.15, 0.2) is 0 Å². The first-order valence-corrected chi connectivity index (χ1v) is 10.5. The largest absolute Gasteiger partial charge is 0.321 e. The Morgan fingerprint density at radius 2 is 1.62 bits per heavy atom. The summed E-state index contributed by atoms with van der Waals surface area (Å²) in [5.74, 6) is 0.786. The van der Waals surface area contributed by atoms with Crippen molar-refractivity contribution in [3.63, 3.8) is 0 Å². The fourth-order valence-corrected chi connectivity index (χ4v) is 5.23. The van der Waals surface area contributed by atoms with Crippen LogP contribution in [0.2, 0.25) is 0 Å². The van der Waals surface area contributed by atoms with Gasteiger partial charge in [0.25, 0.3) is 8.53 Å². The smallest absolute Gasteiger partial charge is 0.259 e. The van der Waals surface area contributed by atoms with E-state index in [-0.39, 0.29) is 6.10 Å². The molecular weight excluding hydrogens is 319 g/mol. The van der Waals surface area contributed by atoms with Crippen LogP contribution in [0.1, 0.15) is 80.6 Å². The molecule has 0 bridgehead atoms. The highest BCUT2D eigenvalue weighted by molar-refractivity contribution is 7.44. The van der Waals surface area contributed by atoms with Crippen molar-refractivity contribution in [2.45, 2.75) is 98.8 Å². The van der Waals surface area contributed by atoms with Crippen LogP contribution in [-0.2, 0) is 9.05 Å². The van der Waals surface area contributed by atoms with Crippen LogP contribution in [0.25, 0.3) is 0 Å². The molecule has 0 heterocycles. The van der Waals surface area contributed by atoms with E-state index in [1.165, 1.54) is 12.8 Å². The first-order chi connectivity index (χ1) is 11.2. The minimum atomic E-state index is -1.10. The SMILES string of the molecule is CC(C)N(C(C)C)P(OCCC#N)OC1CCC(C(C)(C)C)CC1. The summed E-state index contributed by atoms with van der Waals surface area (Å²) in [4.78, 5) is 0. The van der Waals surface area contributed by atoms with Crippen molar-refractivity contribution in [1.82, 2.24) is 4.67 Å². The first-order valence-electron chi connectivity index (χ1n) is 9.41. The molecule has 1 rings (SSSR count). The Bertz CT molecular complexity index is 385. The van der Waals surface area contributed by atoms with Gasteiger partial charge in [-0.25, -0.2) is 4.67 Å². The third-order valence-corrected chi connectivity index (χ3v) is 6.98. The number of hydrogen-bond donors (Lipinski definition) is 0. The molecule has 0 amide bonds. The van der Waals surface area contributed by atoms with Crippen LogP contribution in [0.3, 0.4) is 0 Å². The maximum absolute atomic E-state index is 8.79. The lowest BCUT2D eigenvalue weighted by molar-refractivity contribution is 0.0687. The zero-order valence-electron chi connectivity index (χ0n) is 16.7. The molecular formula is C19H37N2O2P. The molecule has 24 heavy (non-hydrogen) atoms. The topological polar surface area (TPSA) is 45.5 Å². The number of nitrogens with zero attached hydrogens (tertiary/aromatic N) is 2. The molecule has 5 heteroatoms. The van der Waals surface area contributed by atoms with Crippen LogP contribution >= 0.6 is 8.53 Å². The first kappa shape index (κ1) is 21.8. The molecule has 1 aliphatic rings.